The Hall–Kier alpha value is -1.58. The molecule has 0 aliphatic rings. The summed E-state index contributed by atoms with van der Waals surface area (Å²) in [6, 6.07) is 12.5. The largest absolute Gasteiger partial charge is 0.497 e. The molecule has 0 radical (unpaired) electrons. The highest BCUT2D eigenvalue weighted by molar-refractivity contribution is 6.31. The molecule has 4 heteroatoms. The van der Waals surface area contributed by atoms with E-state index in [-0.39, 0.29) is 17.5 Å². The van der Waals surface area contributed by atoms with Crippen molar-refractivity contribution < 1.29 is 14.2 Å². The van der Waals surface area contributed by atoms with Gasteiger partial charge in [0.25, 0.3) is 0 Å². The number of ether oxygens (including phenoxy) is 1. The number of benzene rings is 2. The Morgan fingerprint density at radius 1 is 1.19 bits per heavy atom. The Morgan fingerprint density at radius 2 is 1.95 bits per heavy atom. The van der Waals surface area contributed by atoms with E-state index in [4.69, 9.17) is 16.3 Å². The topological polar surface area (TPSA) is 29.5 Å². The van der Waals surface area contributed by atoms with E-state index < -0.39 is 5.82 Å². The van der Waals surface area contributed by atoms with E-state index in [1.165, 1.54) is 6.07 Å². The van der Waals surface area contributed by atoms with Gasteiger partial charge in [-0.1, -0.05) is 35.9 Å². The molecular formula is C17H18ClFO2. The highest BCUT2D eigenvalue weighted by atomic mass is 35.5. The van der Waals surface area contributed by atoms with E-state index >= 15 is 0 Å². The zero-order chi connectivity index (χ0) is 15.2. The van der Waals surface area contributed by atoms with E-state index in [0.717, 1.165) is 16.9 Å². The predicted molar refractivity (Wildman–Crippen MR) is 82.4 cm³/mol. The number of halogens is 2. The van der Waals surface area contributed by atoms with E-state index in [9.17, 15) is 9.50 Å². The fourth-order valence-electron chi connectivity index (χ4n) is 2.35. The van der Waals surface area contributed by atoms with Crippen LogP contribution in [0, 0.1) is 11.7 Å². The Balaban J connectivity index is 2.11. The lowest BCUT2D eigenvalue weighted by Gasteiger charge is -2.16. The number of rotatable bonds is 6. The summed E-state index contributed by atoms with van der Waals surface area (Å²) in [4.78, 5) is 0. The van der Waals surface area contributed by atoms with Gasteiger partial charge >= 0.3 is 0 Å². The molecule has 21 heavy (non-hydrogen) atoms. The third-order valence-electron chi connectivity index (χ3n) is 3.46. The Labute approximate surface area is 129 Å². The van der Waals surface area contributed by atoms with E-state index in [1.54, 1.807) is 19.2 Å². The highest BCUT2D eigenvalue weighted by Gasteiger charge is 2.14. The molecular weight excluding hydrogens is 291 g/mol. The molecule has 0 aromatic heterocycles. The van der Waals surface area contributed by atoms with Crippen LogP contribution in [0.4, 0.5) is 4.39 Å². The van der Waals surface area contributed by atoms with Crippen molar-refractivity contribution in [2.24, 2.45) is 5.92 Å². The van der Waals surface area contributed by atoms with Gasteiger partial charge in [0.15, 0.2) is 0 Å². The van der Waals surface area contributed by atoms with Gasteiger partial charge in [-0.05, 0) is 48.1 Å². The number of methoxy groups -OCH3 is 1. The van der Waals surface area contributed by atoms with Crippen LogP contribution in [0.3, 0.4) is 0 Å². The fraction of sp³-hybridized carbons (Fsp3) is 0.294. The van der Waals surface area contributed by atoms with E-state index in [1.807, 2.05) is 24.3 Å². The van der Waals surface area contributed by atoms with Gasteiger partial charge in [0.05, 0.1) is 12.1 Å². The molecule has 112 valence electrons. The van der Waals surface area contributed by atoms with Gasteiger partial charge in [-0.15, -0.1) is 0 Å². The number of hydrogen-bond acceptors (Lipinski definition) is 2. The maximum absolute atomic E-state index is 13.4. The molecule has 1 unspecified atom stereocenters. The molecule has 1 atom stereocenters. The lowest BCUT2D eigenvalue weighted by atomic mass is 9.93. The zero-order valence-electron chi connectivity index (χ0n) is 11.9. The molecule has 0 fully saturated rings. The van der Waals surface area contributed by atoms with Crippen LogP contribution in [0.1, 0.15) is 11.1 Å². The van der Waals surface area contributed by atoms with Crippen LogP contribution >= 0.6 is 11.6 Å². The monoisotopic (exact) mass is 308 g/mol. The van der Waals surface area contributed by atoms with Crippen LogP contribution in [0.25, 0.3) is 0 Å². The van der Waals surface area contributed by atoms with Crippen LogP contribution in [0.5, 0.6) is 5.75 Å². The quantitative estimate of drug-likeness (QED) is 0.877. The minimum absolute atomic E-state index is 0.0172. The van der Waals surface area contributed by atoms with Crippen molar-refractivity contribution in [1.82, 2.24) is 0 Å². The first kappa shape index (κ1) is 15.8. The molecule has 2 rings (SSSR count). The normalized spacial score (nSPS) is 12.2. The Morgan fingerprint density at radius 3 is 2.67 bits per heavy atom. The first-order valence-electron chi connectivity index (χ1n) is 6.80. The second kappa shape index (κ2) is 7.43. The maximum atomic E-state index is 13.4. The molecule has 2 nitrogen and oxygen atoms in total. The summed E-state index contributed by atoms with van der Waals surface area (Å²) in [6.07, 6.45) is 1.21. The SMILES string of the molecule is COc1cccc(CC(CO)Cc2cccc(F)c2Cl)c1. The molecule has 1 N–H and O–H groups in total. The summed E-state index contributed by atoms with van der Waals surface area (Å²) in [5.74, 6) is 0.344. The molecule has 0 saturated heterocycles. The van der Waals surface area contributed by atoms with Gasteiger partial charge in [0.1, 0.15) is 11.6 Å². The van der Waals surface area contributed by atoms with Crippen molar-refractivity contribution in [1.29, 1.82) is 0 Å². The highest BCUT2D eigenvalue weighted by Crippen LogP contribution is 2.24. The third kappa shape index (κ3) is 4.19. The minimum Gasteiger partial charge on any atom is -0.497 e. The van der Waals surface area contributed by atoms with Gasteiger partial charge in [0.2, 0.25) is 0 Å². The molecule has 2 aromatic rings. The average Bonchev–Trinajstić information content (AvgIpc) is 2.51. The summed E-state index contributed by atoms with van der Waals surface area (Å²) in [6.45, 7) is 0.0179. The van der Waals surface area contributed by atoms with Gasteiger partial charge in [0, 0.05) is 6.61 Å². The third-order valence-corrected chi connectivity index (χ3v) is 3.88. The van der Waals surface area contributed by atoms with E-state index in [0.29, 0.717) is 12.8 Å². The summed E-state index contributed by atoms with van der Waals surface area (Å²) in [7, 11) is 1.62. The summed E-state index contributed by atoms with van der Waals surface area (Å²) < 4.78 is 18.6. The summed E-state index contributed by atoms with van der Waals surface area (Å²) in [5, 5.41) is 9.71. The molecule has 2 aromatic carbocycles. The fourth-order valence-corrected chi connectivity index (χ4v) is 2.55. The number of hydrogen-bond donors (Lipinski definition) is 1. The van der Waals surface area contributed by atoms with Gasteiger partial charge in [-0.2, -0.15) is 0 Å². The summed E-state index contributed by atoms with van der Waals surface area (Å²) in [5.41, 5.74) is 1.79. The van der Waals surface area contributed by atoms with Crippen molar-refractivity contribution in [3.05, 3.63) is 64.4 Å². The zero-order valence-corrected chi connectivity index (χ0v) is 12.6. The molecule has 0 heterocycles. The van der Waals surface area contributed by atoms with Crippen LogP contribution in [0.15, 0.2) is 42.5 Å². The van der Waals surface area contributed by atoms with Crippen LogP contribution in [-0.4, -0.2) is 18.8 Å². The van der Waals surface area contributed by atoms with Crippen LogP contribution < -0.4 is 4.74 Å². The number of aliphatic hydroxyl groups excluding tert-OH is 1. The van der Waals surface area contributed by atoms with Crippen molar-refractivity contribution in [3.63, 3.8) is 0 Å². The lowest BCUT2D eigenvalue weighted by molar-refractivity contribution is 0.225. The van der Waals surface area contributed by atoms with Gasteiger partial charge < -0.3 is 9.84 Å². The first-order chi connectivity index (χ1) is 10.1. The van der Waals surface area contributed by atoms with Crippen LogP contribution in [0.2, 0.25) is 5.02 Å². The molecule has 0 bridgehead atoms. The molecule has 0 saturated carbocycles. The molecule has 0 aliphatic carbocycles. The van der Waals surface area contributed by atoms with E-state index in [2.05, 4.69) is 0 Å². The maximum Gasteiger partial charge on any atom is 0.142 e. The second-order valence-corrected chi connectivity index (χ2v) is 5.40. The predicted octanol–water partition coefficient (Wildman–Crippen LogP) is 3.88. The first-order valence-corrected chi connectivity index (χ1v) is 7.18. The van der Waals surface area contributed by atoms with Crippen molar-refractivity contribution in [3.8, 4) is 5.75 Å². The molecule has 0 aliphatic heterocycles. The van der Waals surface area contributed by atoms with Gasteiger partial charge in [-0.3, -0.25) is 0 Å². The minimum atomic E-state index is -0.424. The summed E-state index contributed by atoms with van der Waals surface area (Å²) >= 11 is 5.97. The molecule has 0 amide bonds. The van der Waals surface area contributed by atoms with Crippen molar-refractivity contribution in [2.45, 2.75) is 12.8 Å². The standard InChI is InChI=1S/C17H18ClFO2/c1-21-15-6-2-4-12(10-15)8-13(11-20)9-14-5-3-7-16(19)17(14)18/h2-7,10,13,20H,8-9,11H2,1H3. The number of aliphatic hydroxyl groups is 1. The molecule has 0 spiro atoms. The Bertz CT molecular complexity index is 601. The average molecular weight is 309 g/mol. The smallest absolute Gasteiger partial charge is 0.142 e. The lowest BCUT2D eigenvalue weighted by Crippen LogP contribution is -2.13. The van der Waals surface area contributed by atoms with Gasteiger partial charge in [-0.25, -0.2) is 4.39 Å². The van der Waals surface area contributed by atoms with Crippen molar-refractivity contribution in [2.75, 3.05) is 13.7 Å². The Kier molecular flexibility index (Phi) is 5.59. The second-order valence-electron chi connectivity index (χ2n) is 5.02. The van der Waals surface area contributed by atoms with Crippen molar-refractivity contribution >= 4 is 11.6 Å². The van der Waals surface area contributed by atoms with Crippen LogP contribution in [-0.2, 0) is 12.8 Å².